The number of sulfonamides is 1. The second-order valence-electron chi connectivity index (χ2n) is 7.35. The minimum Gasteiger partial charge on any atom is -0.368 e. The summed E-state index contributed by atoms with van der Waals surface area (Å²) in [6.45, 7) is 1.51. The molecule has 0 radical (unpaired) electrons. The minimum atomic E-state index is -4.10. The molecule has 172 valence electrons. The first-order chi connectivity index (χ1) is 15.7. The van der Waals surface area contributed by atoms with Crippen molar-refractivity contribution in [2.75, 3.05) is 37.2 Å². The molecule has 0 aliphatic rings. The van der Waals surface area contributed by atoms with Crippen LogP contribution in [0.15, 0.2) is 47.6 Å². The minimum absolute atomic E-state index is 0.273. The van der Waals surface area contributed by atoms with E-state index in [1.165, 1.54) is 6.20 Å². The molecule has 0 saturated heterocycles. The molecular formula is C20H20FIN8O2S. The summed E-state index contributed by atoms with van der Waals surface area (Å²) in [7, 11) is -0.118. The van der Waals surface area contributed by atoms with Crippen molar-refractivity contribution in [2.24, 2.45) is 0 Å². The second-order valence-corrected chi connectivity index (χ2v) is 10.1. The molecule has 3 N–H and O–H groups in total. The monoisotopic (exact) mass is 582 g/mol. The van der Waals surface area contributed by atoms with Crippen LogP contribution in [0.5, 0.6) is 0 Å². The van der Waals surface area contributed by atoms with E-state index in [0.29, 0.717) is 29.4 Å². The molecule has 13 heteroatoms. The van der Waals surface area contributed by atoms with Gasteiger partial charge in [-0.25, -0.2) is 22.8 Å². The van der Waals surface area contributed by atoms with E-state index in [9.17, 15) is 12.8 Å². The third-order valence-corrected chi connectivity index (χ3v) is 6.84. The lowest BCUT2D eigenvalue weighted by atomic mass is 10.2. The highest BCUT2D eigenvalue weighted by molar-refractivity contribution is 14.1. The third kappa shape index (κ3) is 5.20. The average Bonchev–Trinajstić information content (AvgIpc) is 3.15. The molecule has 33 heavy (non-hydrogen) atoms. The maximum atomic E-state index is 13.9. The van der Waals surface area contributed by atoms with Crippen molar-refractivity contribution in [3.63, 3.8) is 0 Å². The highest BCUT2D eigenvalue weighted by Gasteiger charge is 2.19. The molecule has 0 spiro atoms. The van der Waals surface area contributed by atoms with Crippen LogP contribution in [0, 0.1) is 9.52 Å². The summed E-state index contributed by atoms with van der Waals surface area (Å²) in [6.07, 6.45) is 2.07. The lowest BCUT2D eigenvalue weighted by Crippen LogP contribution is -2.21. The third-order valence-electron chi connectivity index (χ3n) is 4.64. The number of aromatic nitrogens is 5. The van der Waals surface area contributed by atoms with Gasteiger partial charge in [-0.05, 0) is 67.0 Å². The van der Waals surface area contributed by atoms with Crippen molar-refractivity contribution in [3.8, 4) is 11.4 Å². The van der Waals surface area contributed by atoms with E-state index in [0.717, 1.165) is 27.9 Å². The maximum Gasteiger partial charge on any atom is 0.264 e. The first kappa shape index (κ1) is 23.3. The number of likely N-dealkylation sites (N-methyl/N-ethyl adjacent to an activating group) is 1. The van der Waals surface area contributed by atoms with Crippen molar-refractivity contribution in [3.05, 3.63) is 52.2 Å². The molecular weight excluding hydrogens is 562 g/mol. The zero-order valence-corrected chi connectivity index (χ0v) is 20.6. The van der Waals surface area contributed by atoms with Crippen LogP contribution in [-0.4, -0.2) is 65.7 Å². The van der Waals surface area contributed by atoms with Crippen LogP contribution in [0.1, 0.15) is 0 Å². The number of pyridine rings is 1. The number of benzene rings is 1. The molecule has 0 amide bonds. The van der Waals surface area contributed by atoms with E-state index in [1.807, 2.05) is 14.1 Å². The molecule has 0 saturated carbocycles. The van der Waals surface area contributed by atoms with E-state index in [-0.39, 0.29) is 5.69 Å². The first-order valence-corrected chi connectivity index (χ1v) is 12.3. The predicted octanol–water partition coefficient (Wildman–Crippen LogP) is 2.93. The Morgan fingerprint density at radius 1 is 1.15 bits per heavy atom. The summed E-state index contributed by atoms with van der Waals surface area (Å²) in [5, 5.41) is 11.3. The van der Waals surface area contributed by atoms with Crippen LogP contribution in [0.2, 0.25) is 0 Å². The van der Waals surface area contributed by atoms with Crippen molar-refractivity contribution in [2.45, 2.75) is 4.90 Å². The zero-order chi connectivity index (χ0) is 23.6. The Labute approximate surface area is 203 Å². The number of hydrogen-bond acceptors (Lipinski definition) is 8. The molecule has 3 aromatic heterocycles. The van der Waals surface area contributed by atoms with E-state index in [2.05, 4.69) is 62.7 Å². The van der Waals surface area contributed by atoms with Crippen LogP contribution in [0.4, 0.5) is 15.9 Å². The second kappa shape index (κ2) is 9.52. The van der Waals surface area contributed by atoms with Gasteiger partial charge in [0.25, 0.3) is 10.0 Å². The van der Waals surface area contributed by atoms with Crippen molar-refractivity contribution in [1.82, 2.24) is 30.0 Å². The largest absolute Gasteiger partial charge is 0.368 e. The lowest BCUT2D eigenvalue weighted by molar-refractivity contribution is 0.425. The van der Waals surface area contributed by atoms with Crippen molar-refractivity contribution >= 4 is 55.2 Å². The van der Waals surface area contributed by atoms with Gasteiger partial charge in [0.1, 0.15) is 14.4 Å². The number of aromatic amines is 1. The molecule has 4 rings (SSSR count). The Morgan fingerprint density at radius 3 is 2.61 bits per heavy atom. The molecule has 0 atom stereocenters. The van der Waals surface area contributed by atoms with Crippen molar-refractivity contribution < 1.29 is 12.8 Å². The normalized spacial score (nSPS) is 11.8. The molecule has 10 nitrogen and oxygen atoms in total. The SMILES string of the molecule is CN(C)CCNc1nc(-c2ccc(NS(=O)(=O)c3ccncc3F)cc2)nc2n[nH]c(I)c12. The van der Waals surface area contributed by atoms with Gasteiger partial charge >= 0.3 is 0 Å². The van der Waals surface area contributed by atoms with Crippen LogP contribution in [0.3, 0.4) is 0 Å². The molecule has 4 aromatic rings. The molecule has 0 aliphatic carbocycles. The summed E-state index contributed by atoms with van der Waals surface area (Å²) in [6, 6.07) is 7.59. The number of fused-ring (bicyclic) bond motifs is 1. The first-order valence-electron chi connectivity index (χ1n) is 9.77. The topological polar surface area (TPSA) is 129 Å². The smallest absolute Gasteiger partial charge is 0.264 e. The number of nitrogens with zero attached hydrogens (tertiary/aromatic N) is 5. The van der Waals surface area contributed by atoms with E-state index in [1.54, 1.807) is 24.3 Å². The summed E-state index contributed by atoms with van der Waals surface area (Å²) in [4.78, 5) is 14.3. The van der Waals surface area contributed by atoms with Crippen LogP contribution >= 0.6 is 22.6 Å². The Kier molecular flexibility index (Phi) is 6.71. The number of anilines is 2. The Hall–Kier alpha value is -2.91. The van der Waals surface area contributed by atoms with Gasteiger partial charge < -0.3 is 10.2 Å². The van der Waals surface area contributed by atoms with Gasteiger partial charge in [-0.2, -0.15) is 5.10 Å². The predicted molar refractivity (Wildman–Crippen MR) is 132 cm³/mol. The fraction of sp³-hybridized carbons (Fsp3) is 0.200. The summed E-state index contributed by atoms with van der Waals surface area (Å²) in [5.74, 6) is 0.173. The Balaban J connectivity index is 1.61. The van der Waals surface area contributed by atoms with Crippen LogP contribution < -0.4 is 10.0 Å². The van der Waals surface area contributed by atoms with Gasteiger partial charge in [0.2, 0.25) is 0 Å². The van der Waals surface area contributed by atoms with E-state index >= 15 is 0 Å². The Morgan fingerprint density at radius 2 is 1.91 bits per heavy atom. The van der Waals surface area contributed by atoms with Gasteiger partial charge in [-0.3, -0.25) is 14.8 Å². The molecule has 1 aromatic carbocycles. The summed E-state index contributed by atoms with van der Waals surface area (Å²) < 4.78 is 42.0. The zero-order valence-electron chi connectivity index (χ0n) is 17.7. The van der Waals surface area contributed by atoms with Crippen molar-refractivity contribution in [1.29, 1.82) is 0 Å². The van der Waals surface area contributed by atoms with Gasteiger partial charge in [-0.1, -0.05) is 0 Å². The number of rotatable bonds is 8. The average molecular weight is 582 g/mol. The number of hydrogen-bond donors (Lipinski definition) is 3. The maximum absolute atomic E-state index is 13.9. The van der Waals surface area contributed by atoms with Gasteiger partial charge in [0, 0.05) is 30.5 Å². The van der Waals surface area contributed by atoms with Crippen LogP contribution in [-0.2, 0) is 10.0 Å². The summed E-state index contributed by atoms with van der Waals surface area (Å²) in [5.41, 5.74) is 1.47. The molecule has 0 bridgehead atoms. The number of H-pyrrole nitrogens is 1. The quantitative estimate of drug-likeness (QED) is 0.271. The number of nitrogens with one attached hydrogen (secondary N) is 3. The Bertz CT molecular complexity index is 1390. The molecule has 0 fully saturated rings. The fourth-order valence-corrected chi connectivity index (χ4v) is 4.75. The molecule has 0 unspecified atom stereocenters. The van der Waals surface area contributed by atoms with E-state index in [4.69, 9.17) is 0 Å². The van der Waals surface area contributed by atoms with Gasteiger partial charge in [-0.15, -0.1) is 0 Å². The summed E-state index contributed by atoms with van der Waals surface area (Å²) >= 11 is 2.15. The standard InChI is InChI=1S/C20H20FIN8O2S/c1-30(2)10-9-24-19-16-17(22)27-28-20(16)26-18(25-19)12-3-5-13(6-4-12)29-33(31,32)15-7-8-23-11-14(15)21/h3-8,11,29H,9-10H2,1-2H3,(H2,24,25,26,27,28). The molecule has 0 aliphatic heterocycles. The highest BCUT2D eigenvalue weighted by Crippen LogP contribution is 2.28. The highest BCUT2D eigenvalue weighted by atomic mass is 127. The lowest BCUT2D eigenvalue weighted by Gasteiger charge is -2.12. The van der Waals surface area contributed by atoms with Gasteiger partial charge in [0.15, 0.2) is 17.3 Å². The fourth-order valence-electron chi connectivity index (χ4n) is 3.02. The number of halogens is 2. The van der Waals surface area contributed by atoms with Gasteiger partial charge in [0.05, 0.1) is 11.6 Å². The van der Waals surface area contributed by atoms with E-state index < -0.39 is 20.7 Å². The molecule has 3 heterocycles. The van der Waals surface area contributed by atoms with Crippen LogP contribution in [0.25, 0.3) is 22.4 Å².